The third-order valence-corrected chi connectivity index (χ3v) is 2.23. The maximum absolute atomic E-state index is 3.46. The van der Waals surface area contributed by atoms with Crippen molar-refractivity contribution < 1.29 is 0 Å². The van der Waals surface area contributed by atoms with Crippen molar-refractivity contribution in [2.45, 2.75) is 34.1 Å². The van der Waals surface area contributed by atoms with E-state index in [0.29, 0.717) is 0 Å². The predicted octanol–water partition coefficient (Wildman–Crippen LogP) is 3.43. The predicted molar refractivity (Wildman–Crippen MR) is 59.4 cm³/mol. The molecule has 1 nitrogen and oxygen atoms in total. The minimum absolute atomic E-state index is 1.06. The first kappa shape index (κ1) is 10.1. The van der Waals surface area contributed by atoms with E-state index in [4.69, 9.17) is 0 Å². The van der Waals surface area contributed by atoms with Gasteiger partial charge in [-0.2, -0.15) is 0 Å². The van der Waals surface area contributed by atoms with Gasteiger partial charge in [-0.1, -0.05) is 24.6 Å². The SMILES string of the molecule is CCCNc1c(C)cc(C)cc1C. The lowest BCUT2D eigenvalue weighted by Crippen LogP contribution is -2.03. The van der Waals surface area contributed by atoms with Crippen LogP contribution < -0.4 is 5.32 Å². The van der Waals surface area contributed by atoms with E-state index < -0.39 is 0 Å². The highest BCUT2D eigenvalue weighted by Crippen LogP contribution is 2.21. The standard InChI is InChI=1S/C12H19N/c1-5-6-13-12-10(3)7-9(2)8-11(12)4/h7-8,13H,5-6H2,1-4H3. The number of anilines is 1. The summed E-state index contributed by atoms with van der Waals surface area (Å²) in [6.07, 6.45) is 1.17. The van der Waals surface area contributed by atoms with Crippen molar-refractivity contribution in [2.75, 3.05) is 11.9 Å². The Balaban J connectivity index is 2.92. The van der Waals surface area contributed by atoms with Gasteiger partial charge in [-0.05, 0) is 38.3 Å². The van der Waals surface area contributed by atoms with Crippen LogP contribution >= 0.6 is 0 Å². The van der Waals surface area contributed by atoms with Crippen molar-refractivity contribution in [3.05, 3.63) is 28.8 Å². The van der Waals surface area contributed by atoms with Gasteiger partial charge in [-0.15, -0.1) is 0 Å². The van der Waals surface area contributed by atoms with Crippen LogP contribution in [-0.2, 0) is 0 Å². The Morgan fingerprint density at radius 3 is 2.08 bits per heavy atom. The zero-order valence-corrected chi connectivity index (χ0v) is 9.07. The van der Waals surface area contributed by atoms with E-state index in [9.17, 15) is 0 Å². The molecule has 0 bridgehead atoms. The molecule has 0 saturated heterocycles. The Kier molecular flexibility index (Phi) is 3.35. The van der Waals surface area contributed by atoms with E-state index in [2.05, 4.69) is 45.1 Å². The molecule has 72 valence electrons. The monoisotopic (exact) mass is 177 g/mol. The van der Waals surface area contributed by atoms with Gasteiger partial charge in [0.2, 0.25) is 0 Å². The van der Waals surface area contributed by atoms with E-state index >= 15 is 0 Å². The lowest BCUT2D eigenvalue weighted by molar-refractivity contribution is 0.974. The average Bonchev–Trinajstić information content (AvgIpc) is 2.02. The molecule has 0 radical (unpaired) electrons. The molecule has 0 aliphatic carbocycles. The highest BCUT2D eigenvalue weighted by molar-refractivity contribution is 5.58. The molecule has 0 fully saturated rings. The smallest absolute Gasteiger partial charge is 0.0399 e. The van der Waals surface area contributed by atoms with Crippen LogP contribution in [0.2, 0.25) is 0 Å². The topological polar surface area (TPSA) is 12.0 Å². The van der Waals surface area contributed by atoms with E-state index in [1.807, 2.05) is 0 Å². The average molecular weight is 177 g/mol. The van der Waals surface area contributed by atoms with Gasteiger partial charge in [0.25, 0.3) is 0 Å². The van der Waals surface area contributed by atoms with Gasteiger partial charge < -0.3 is 5.32 Å². The summed E-state index contributed by atoms with van der Waals surface area (Å²) in [6.45, 7) is 9.72. The maximum Gasteiger partial charge on any atom is 0.0399 e. The van der Waals surface area contributed by atoms with Crippen LogP contribution in [0.5, 0.6) is 0 Å². The molecule has 0 spiro atoms. The molecule has 1 aromatic carbocycles. The molecule has 0 unspecified atom stereocenters. The molecular weight excluding hydrogens is 158 g/mol. The Bertz CT molecular complexity index is 266. The van der Waals surface area contributed by atoms with Crippen molar-refractivity contribution in [1.29, 1.82) is 0 Å². The summed E-state index contributed by atoms with van der Waals surface area (Å²) in [5.74, 6) is 0. The van der Waals surface area contributed by atoms with Gasteiger partial charge in [-0.3, -0.25) is 0 Å². The van der Waals surface area contributed by atoms with Crippen molar-refractivity contribution in [3.8, 4) is 0 Å². The third kappa shape index (κ3) is 2.48. The van der Waals surface area contributed by atoms with Crippen LogP contribution in [-0.4, -0.2) is 6.54 Å². The molecule has 0 aliphatic rings. The molecule has 0 amide bonds. The number of rotatable bonds is 3. The molecule has 0 atom stereocenters. The Labute approximate surface area is 81.2 Å². The van der Waals surface area contributed by atoms with Crippen LogP contribution in [0.4, 0.5) is 5.69 Å². The summed E-state index contributed by atoms with van der Waals surface area (Å²) in [5.41, 5.74) is 5.36. The van der Waals surface area contributed by atoms with Gasteiger partial charge >= 0.3 is 0 Å². The molecule has 1 N–H and O–H groups in total. The van der Waals surface area contributed by atoms with Gasteiger partial charge in [0.05, 0.1) is 0 Å². The molecular formula is C12H19N. The van der Waals surface area contributed by atoms with Crippen LogP contribution in [0.3, 0.4) is 0 Å². The van der Waals surface area contributed by atoms with Gasteiger partial charge in [0.15, 0.2) is 0 Å². The van der Waals surface area contributed by atoms with Crippen molar-refractivity contribution in [1.82, 2.24) is 0 Å². The normalized spacial score (nSPS) is 10.2. The van der Waals surface area contributed by atoms with Crippen molar-refractivity contribution in [3.63, 3.8) is 0 Å². The Morgan fingerprint density at radius 2 is 1.62 bits per heavy atom. The quantitative estimate of drug-likeness (QED) is 0.745. The third-order valence-electron chi connectivity index (χ3n) is 2.23. The summed E-state index contributed by atoms with van der Waals surface area (Å²) in [6, 6.07) is 4.45. The largest absolute Gasteiger partial charge is 0.385 e. The molecule has 0 heterocycles. The van der Waals surface area contributed by atoms with E-state index in [-0.39, 0.29) is 0 Å². The number of hydrogen-bond acceptors (Lipinski definition) is 1. The Morgan fingerprint density at radius 1 is 1.08 bits per heavy atom. The number of aryl methyl sites for hydroxylation is 3. The van der Waals surface area contributed by atoms with Gasteiger partial charge in [-0.25, -0.2) is 0 Å². The minimum Gasteiger partial charge on any atom is -0.385 e. The summed E-state index contributed by atoms with van der Waals surface area (Å²) < 4.78 is 0. The van der Waals surface area contributed by atoms with Gasteiger partial charge in [0.1, 0.15) is 0 Å². The highest BCUT2D eigenvalue weighted by atomic mass is 14.9. The van der Waals surface area contributed by atoms with Crippen LogP contribution in [0, 0.1) is 20.8 Å². The second-order valence-corrected chi connectivity index (χ2v) is 3.70. The van der Waals surface area contributed by atoms with Gasteiger partial charge in [0, 0.05) is 12.2 Å². The molecule has 1 heteroatoms. The van der Waals surface area contributed by atoms with E-state index in [1.165, 1.54) is 28.8 Å². The zero-order chi connectivity index (χ0) is 9.84. The second kappa shape index (κ2) is 4.31. The first-order valence-corrected chi connectivity index (χ1v) is 4.97. The second-order valence-electron chi connectivity index (χ2n) is 3.70. The number of nitrogens with one attached hydrogen (secondary N) is 1. The fraction of sp³-hybridized carbons (Fsp3) is 0.500. The first-order valence-electron chi connectivity index (χ1n) is 4.97. The molecule has 1 aromatic rings. The summed E-state index contributed by atoms with van der Waals surface area (Å²) >= 11 is 0. The molecule has 13 heavy (non-hydrogen) atoms. The van der Waals surface area contributed by atoms with Crippen LogP contribution in [0.1, 0.15) is 30.0 Å². The maximum atomic E-state index is 3.46. The number of hydrogen-bond donors (Lipinski definition) is 1. The Hall–Kier alpha value is -0.980. The van der Waals surface area contributed by atoms with Crippen LogP contribution in [0.15, 0.2) is 12.1 Å². The molecule has 0 aromatic heterocycles. The van der Waals surface area contributed by atoms with Crippen molar-refractivity contribution >= 4 is 5.69 Å². The van der Waals surface area contributed by atoms with E-state index in [1.54, 1.807) is 0 Å². The van der Waals surface area contributed by atoms with E-state index in [0.717, 1.165) is 6.54 Å². The lowest BCUT2D eigenvalue weighted by Gasteiger charge is -2.12. The highest BCUT2D eigenvalue weighted by Gasteiger charge is 2.01. The molecule has 0 aliphatic heterocycles. The fourth-order valence-corrected chi connectivity index (χ4v) is 1.71. The van der Waals surface area contributed by atoms with Crippen LogP contribution in [0.25, 0.3) is 0 Å². The molecule has 1 rings (SSSR count). The summed E-state index contributed by atoms with van der Waals surface area (Å²) in [5, 5.41) is 3.46. The fourth-order valence-electron chi connectivity index (χ4n) is 1.71. The zero-order valence-electron chi connectivity index (χ0n) is 9.07. The number of benzene rings is 1. The lowest BCUT2D eigenvalue weighted by atomic mass is 10.1. The molecule has 0 saturated carbocycles. The summed E-state index contributed by atoms with van der Waals surface area (Å²) in [4.78, 5) is 0. The first-order chi connectivity index (χ1) is 6.15. The van der Waals surface area contributed by atoms with Crippen molar-refractivity contribution in [2.24, 2.45) is 0 Å². The minimum atomic E-state index is 1.06. The summed E-state index contributed by atoms with van der Waals surface area (Å²) in [7, 11) is 0.